The van der Waals surface area contributed by atoms with Crippen LogP contribution in [0.1, 0.15) is 15.9 Å². The van der Waals surface area contributed by atoms with Crippen molar-refractivity contribution in [2.45, 2.75) is 6.42 Å². The van der Waals surface area contributed by atoms with Crippen molar-refractivity contribution >= 4 is 21.7 Å². The highest BCUT2D eigenvalue weighted by Crippen LogP contribution is 2.34. The maximum absolute atomic E-state index is 11.7. The number of ketones is 1. The molecule has 0 spiro atoms. The van der Waals surface area contributed by atoms with Crippen LogP contribution in [0.2, 0.25) is 0 Å². The van der Waals surface area contributed by atoms with Gasteiger partial charge >= 0.3 is 0 Å². The Morgan fingerprint density at radius 3 is 3.13 bits per heavy atom. The van der Waals surface area contributed by atoms with E-state index >= 15 is 0 Å². The second kappa shape index (κ2) is 4.33. The highest BCUT2D eigenvalue weighted by atomic mass is 79.9. The molecule has 1 aliphatic heterocycles. The second-order valence-electron chi connectivity index (χ2n) is 3.50. The lowest BCUT2D eigenvalue weighted by atomic mass is 10.1. The number of hydrogen-bond donors (Lipinski definition) is 1. The molecular formula is C11H12BrNO2. The summed E-state index contributed by atoms with van der Waals surface area (Å²) in [5.41, 5.74) is 1.85. The summed E-state index contributed by atoms with van der Waals surface area (Å²) in [6.45, 7) is 1.07. The van der Waals surface area contributed by atoms with E-state index in [-0.39, 0.29) is 5.78 Å². The first kappa shape index (κ1) is 10.6. The van der Waals surface area contributed by atoms with E-state index < -0.39 is 0 Å². The van der Waals surface area contributed by atoms with Gasteiger partial charge in [-0.2, -0.15) is 0 Å². The Morgan fingerprint density at radius 2 is 2.40 bits per heavy atom. The van der Waals surface area contributed by atoms with Crippen LogP contribution in [-0.4, -0.2) is 26.0 Å². The van der Waals surface area contributed by atoms with Gasteiger partial charge in [0.05, 0.1) is 17.6 Å². The molecule has 3 nitrogen and oxygen atoms in total. The molecule has 15 heavy (non-hydrogen) atoms. The molecule has 0 unspecified atom stereocenters. The Kier molecular flexibility index (Phi) is 3.07. The van der Waals surface area contributed by atoms with E-state index in [1.807, 2.05) is 12.1 Å². The number of nitrogens with one attached hydrogen (secondary N) is 1. The molecule has 0 saturated heterocycles. The fraction of sp³-hybridized carbons (Fsp3) is 0.364. The first-order valence-corrected chi connectivity index (χ1v) is 5.64. The second-order valence-corrected chi connectivity index (χ2v) is 4.35. The topological polar surface area (TPSA) is 38.3 Å². The Hall–Kier alpha value is -0.870. The number of benzene rings is 1. The van der Waals surface area contributed by atoms with Crippen molar-refractivity contribution in [1.82, 2.24) is 5.32 Å². The number of ether oxygens (including phenoxy) is 1. The van der Waals surface area contributed by atoms with E-state index in [4.69, 9.17) is 4.74 Å². The molecule has 0 bridgehead atoms. The summed E-state index contributed by atoms with van der Waals surface area (Å²) < 4.78 is 6.32. The fourth-order valence-electron chi connectivity index (χ4n) is 1.68. The summed E-state index contributed by atoms with van der Waals surface area (Å²) >= 11 is 3.42. The third-order valence-corrected chi connectivity index (χ3v) is 2.99. The van der Waals surface area contributed by atoms with Gasteiger partial charge in [0.15, 0.2) is 5.78 Å². The van der Waals surface area contributed by atoms with E-state index in [1.54, 1.807) is 7.05 Å². The summed E-state index contributed by atoms with van der Waals surface area (Å²) in [5.74, 6) is 0.990. The zero-order valence-electron chi connectivity index (χ0n) is 8.47. The SMILES string of the molecule is CNCC(=O)c1cc(Br)c2c(c1)CCO2. The summed E-state index contributed by atoms with van der Waals surface area (Å²) in [4.78, 5) is 11.7. The van der Waals surface area contributed by atoms with E-state index in [1.165, 1.54) is 0 Å². The monoisotopic (exact) mass is 269 g/mol. The normalized spacial score (nSPS) is 13.5. The first-order chi connectivity index (χ1) is 7.22. The maximum atomic E-state index is 11.7. The Balaban J connectivity index is 2.35. The van der Waals surface area contributed by atoms with Gasteiger partial charge in [0, 0.05) is 12.0 Å². The van der Waals surface area contributed by atoms with Crippen LogP contribution < -0.4 is 10.1 Å². The molecule has 4 heteroatoms. The van der Waals surface area contributed by atoms with Crippen LogP contribution in [0.3, 0.4) is 0 Å². The van der Waals surface area contributed by atoms with Crippen molar-refractivity contribution in [1.29, 1.82) is 0 Å². The number of carbonyl (C=O) groups is 1. The van der Waals surface area contributed by atoms with E-state index in [0.717, 1.165) is 27.8 Å². The highest BCUT2D eigenvalue weighted by molar-refractivity contribution is 9.10. The number of likely N-dealkylation sites (N-methyl/N-ethyl adjacent to an activating group) is 1. The van der Waals surface area contributed by atoms with E-state index in [0.29, 0.717) is 13.2 Å². The van der Waals surface area contributed by atoms with E-state index in [9.17, 15) is 4.79 Å². The number of halogens is 1. The average molecular weight is 270 g/mol. The number of Topliss-reactive ketones (excluding diaryl/α,β-unsaturated/α-hetero) is 1. The van der Waals surface area contributed by atoms with Crippen molar-refractivity contribution in [3.63, 3.8) is 0 Å². The predicted molar refractivity (Wildman–Crippen MR) is 61.6 cm³/mol. The quantitative estimate of drug-likeness (QED) is 0.851. The third kappa shape index (κ3) is 2.06. The van der Waals surface area contributed by atoms with Gasteiger partial charge in [-0.1, -0.05) is 0 Å². The number of hydrogen-bond acceptors (Lipinski definition) is 3. The van der Waals surface area contributed by atoms with Gasteiger partial charge in [-0.15, -0.1) is 0 Å². The van der Waals surface area contributed by atoms with Crippen LogP contribution in [0.4, 0.5) is 0 Å². The first-order valence-electron chi connectivity index (χ1n) is 4.85. The Morgan fingerprint density at radius 1 is 1.60 bits per heavy atom. The molecule has 1 aliphatic rings. The molecule has 0 aromatic heterocycles. The van der Waals surface area contributed by atoms with Gasteiger partial charge in [0.1, 0.15) is 5.75 Å². The number of rotatable bonds is 3. The maximum Gasteiger partial charge on any atom is 0.176 e. The Bertz CT molecular complexity index is 404. The molecule has 0 saturated carbocycles. The molecule has 1 aromatic carbocycles. The molecule has 0 aliphatic carbocycles. The van der Waals surface area contributed by atoms with Crippen LogP contribution in [0.25, 0.3) is 0 Å². The molecule has 1 N–H and O–H groups in total. The lowest BCUT2D eigenvalue weighted by Gasteiger charge is -2.05. The molecule has 80 valence electrons. The van der Waals surface area contributed by atoms with Crippen LogP contribution in [0.5, 0.6) is 5.75 Å². The minimum atomic E-state index is 0.105. The number of fused-ring (bicyclic) bond motifs is 1. The van der Waals surface area contributed by atoms with Crippen molar-refractivity contribution < 1.29 is 9.53 Å². The largest absolute Gasteiger partial charge is 0.492 e. The fourth-order valence-corrected chi connectivity index (χ4v) is 2.30. The lowest BCUT2D eigenvalue weighted by Crippen LogP contribution is -2.18. The molecule has 0 amide bonds. The zero-order chi connectivity index (χ0) is 10.8. The lowest BCUT2D eigenvalue weighted by molar-refractivity contribution is 0.0993. The van der Waals surface area contributed by atoms with Gasteiger partial charge in [-0.05, 0) is 40.7 Å². The van der Waals surface area contributed by atoms with Crippen molar-refractivity contribution in [2.24, 2.45) is 0 Å². The Labute approximate surface area is 96.9 Å². The van der Waals surface area contributed by atoms with Crippen LogP contribution in [-0.2, 0) is 6.42 Å². The zero-order valence-corrected chi connectivity index (χ0v) is 10.1. The van der Waals surface area contributed by atoms with Gasteiger partial charge in [-0.25, -0.2) is 0 Å². The van der Waals surface area contributed by atoms with Crippen molar-refractivity contribution in [2.75, 3.05) is 20.2 Å². The summed E-state index contributed by atoms with van der Waals surface area (Å²) in [6.07, 6.45) is 0.884. The molecule has 1 heterocycles. The molecular weight excluding hydrogens is 258 g/mol. The molecule has 1 aromatic rings. The molecule has 0 atom stereocenters. The molecule has 0 fully saturated rings. The van der Waals surface area contributed by atoms with Crippen LogP contribution >= 0.6 is 15.9 Å². The molecule has 0 radical (unpaired) electrons. The summed E-state index contributed by atoms with van der Waals surface area (Å²) in [5, 5.41) is 2.86. The summed E-state index contributed by atoms with van der Waals surface area (Å²) in [6, 6.07) is 3.75. The highest BCUT2D eigenvalue weighted by Gasteiger charge is 2.18. The number of carbonyl (C=O) groups excluding carboxylic acids is 1. The van der Waals surface area contributed by atoms with Crippen LogP contribution in [0.15, 0.2) is 16.6 Å². The minimum Gasteiger partial charge on any atom is -0.492 e. The minimum absolute atomic E-state index is 0.105. The van der Waals surface area contributed by atoms with Gasteiger partial charge in [0.2, 0.25) is 0 Å². The smallest absolute Gasteiger partial charge is 0.176 e. The van der Waals surface area contributed by atoms with Gasteiger partial charge < -0.3 is 10.1 Å². The standard InChI is InChI=1S/C11H12BrNO2/c1-13-6-10(14)8-4-7-2-3-15-11(7)9(12)5-8/h4-5,13H,2-3,6H2,1H3. The average Bonchev–Trinajstić information content (AvgIpc) is 2.66. The van der Waals surface area contributed by atoms with Gasteiger partial charge in [-0.3, -0.25) is 4.79 Å². The third-order valence-electron chi connectivity index (χ3n) is 2.40. The van der Waals surface area contributed by atoms with Crippen molar-refractivity contribution in [3.05, 3.63) is 27.7 Å². The van der Waals surface area contributed by atoms with Crippen LogP contribution in [0, 0.1) is 0 Å². The molecule has 2 rings (SSSR count). The van der Waals surface area contributed by atoms with Gasteiger partial charge in [0.25, 0.3) is 0 Å². The van der Waals surface area contributed by atoms with E-state index in [2.05, 4.69) is 21.2 Å². The van der Waals surface area contributed by atoms with Crippen molar-refractivity contribution in [3.8, 4) is 5.75 Å². The predicted octanol–water partition coefficient (Wildman–Crippen LogP) is 1.79. The summed E-state index contributed by atoms with van der Waals surface area (Å²) in [7, 11) is 1.77.